The van der Waals surface area contributed by atoms with Crippen molar-refractivity contribution in [1.29, 1.82) is 0 Å². The fourth-order valence-electron chi connectivity index (χ4n) is 1.52. The highest BCUT2D eigenvalue weighted by Gasteiger charge is 2.10. The number of nitrogens with two attached hydrogens (primary N) is 1. The summed E-state index contributed by atoms with van der Waals surface area (Å²) in [6, 6.07) is 5.56. The molecule has 0 saturated heterocycles. The Bertz CT molecular complexity index is 337. The normalized spacial score (nSPS) is 11.1. The van der Waals surface area contributed by atoms with Crippen LogP contribution in [0.5, 0.6) is 0 Å². The number of ether oxygens (including phenoxy) is 2. The van der Waals surface area contributed by atoms with E-state index in [2.05, 4.69) is 0 Å². The van der Waals surface area contributed by atoms with Gasteiger partial charge in [-0.15, -0.1) is 11.8 Å². The van der Waals surface area contributed by atoms with Crippen LogP contribution in [0.2, 0.25) is 5.02 Å². The molecule has 0 radical (unpaired) electrons. The molecule has 0 aliphatic heterocycles. The Balaban J connectivity index is 2.44. The lowest BCUT2D eigenvalue weighted by Crippen LogP contribution is -2.18. The second-order valence-electron chi connectivity index (χ2n) is 3.64. The Morgan fingerprint density at radius 1 is 1.28 bits per heavy atom. The molecule has 0 fully saturated rings. The maximum atomic E-state index is 6.10. The predicted molar refractivity (Wildman–Crippen MR) is 78.2 cm³/mol. The predicted octanol–water partition coefficient (Wildman–Crippen LogP) is 3.80. The Labute approximate surface area is 118 Å². The van der Waals surface area contributed by atoms with Gasteiger partial charge in [-0.3, -0.25) is 0 Å². The summed E-state index contributed by atoms with van der Waals surface area (Å²) in [5.41, 5.74) is 6.61. The van der Waals surface area contributed by atoms with Gasteiger partial charge >= 0.3 is 0 Å². The van der Waals surface area contributed by atoms with Gasteiger partial charge < -0.3 is 15.2 Å². The van der Waals surface area contributed by atoms with Gasteiger partial charge in [0, 0.05) is 36.0 Å². The van der Waals surface area contributed by atoms with Crippen LogP contribution in [0.15, 0.2) is 23.1 Å². The van der Waals surface area contributed by atoms with Crippen LogP contribution in [-0.2, 0) is 9.47 Å². The largest absolute Gasteiger partial charge is 0.398 e. The average molecular weight is 290 g/mol. The molecule has 5 heteroatoms. The van der Waals surface area contributed by atoms with Crippen molar-refractivity contribution in [3.63, 3.8) is 0 Å². The highest BCUT2D eigenvalue weighted by atomic mass is 35.5. The first-order valence-corrected chi connectivity index (χ1v) is 7.45. The molecular weight excluding hydrogens is 270 g/mol. The molecule has 0 aromatic heterocycles. The van der Waals surface area contributed by atoms with Crippen molar-refractivity contribution >= 4 is 29.1 Å². The number of nitrogen functional groups attached to an aromatic ring is 1. The van der Waals surface area contributed by atoms with Crippen LogP contribution in [0, 0.1) is 0 Å². The Morgan fingerprint density at radius 2 is 1.94 bits per heavy atom. The summed E-state index contributed by atoms with van der Waals surface area (Å²) >= 11 is 7.74. The van der Waals surface area contributed by atoms with E-state index in [1.165, 1.54) is 0 Å². The first-order valence-electron chi connectivity index (χ1n) is 6.09. The van der Waals surface area contributed by atoms with Crippen LogP contribution in [-0.4, -0.2) is 25.3 Å². The van der Waals surface area contributed by atoms with E-state index in [9.17, 15) is 0 Å². The SMILES string of the molecule is CCOC(CCSc1c(N)cccc1Cl)OCC. The van der Waals surface area contributed by atoms with E-state index in [4.69, 9.17) is 26.8 Å². The van der Waals surface area contributed by atoms with Crippen LogP contribution in [0.1, 0.15) is 20.3 Å². The van der Waals surface area contributed by atoms with E-state index in [0.29, 0.717) is 18.2 Å². The van der Waals surface area contributed by atoms with Crippen molar-refractivity contribution < 1.29 is 9.47 Å². The Morgan fingerprint density at radius 3 is 2.50 bits per heavy atom. The number of benzene rings is 1. The van der Waals surface area contributed by atoms with E-state index >= 15 is 0 Å². The fourth-order valence-corrected chi connectivity index (χ4v) is 2.82. The fraction of sp³-hybridized carbons (Fsp3) is 0.538. The van der Waals surface area contributed by atoms with Crippen molar-refractivity contribution in [2.45, 2.75) is 31.5 Å². The third-order valence-corrected chi connectivity index (χ3v) is 3.91. The monoisotopic (exact) mass is 289 g/mol. The van der Waals surface area contributed by atoms with Crippen LogP contribution in [0.3, 0.4) is 0 Å². The Hall–Kier alpha value is -0.420. The molecule has 0 aliphatic carbocycles. The number of rotatable bonds is 8. The van der Waals surface area contributed by atoms with Gasteiger partial charge in [-0.2, -0.15) is 0 Å². The van der Waals surface area contributed by atoms with Crippen molar-refractivity contribution in [3.05, 3.63) is 23.2 Å². The minimum Gasteiger partial charge on any atom is -0.398 e. The summed E-state index contributed by atoms with van der Waals surface area (Å²) in [5.74, 6) is 0.860. The molecule has 0 heterocycles. The van der Waals surface area contributed by atoms with E-state index in [-0.39, 0.29) is 6.29 Å². The molecule has 18 heavy (non-hydrogen) atoms. The van der Waals surface area contributed by atoms with Gasteiger partial charge in [0.1, 0.15) is 0 Å². The standard InChI is InChI=1S/C13H20ClNO2S/c1-3-16-12(17-4-2)8-9-18-13-10(14)6-5-7-11(13)15/h5-7,12H,3-4,8-9,15H2,1-2H3. The molecular formula is C13H20ClNO2S. The molecule has 0 saturated carbocycles. The van der Waals surface area contributed by atoms with Gasteiger partial charge in [-0.25, -0.2) is 0 Å². The second kappa shape index (κ2) is 8.64. The zero-order chi connectivity index (χ0) is 13.4. The minimum absolute atomic E-state index is 0.142. The third-order valence-electron chi connectivity index (χ3n) is 2.30. The lowest BCUT2D eigenvalue weighted by molar-refractivity contribution is -0.136. The highest BCUT2D eigenvalue weighted by molar-refractivity contribution is 7.99. The minimum atomic E-state index is -0.142. The number of hydrogen-bond donors (Lipinski definition) is 1. The van der Waals surface area contributed by atoms with Gasteiger partial charge in [0.25, 0.3) is 0 Å². The quantitative estimate of drug-likeness (QED) is 0.449. The molecule has 0 bridgehead atoms. The van der Waals surface area contributed by atoms with Gasteiger partial charge in [0.15, 0.2) is 6.29 Å². The molecule has 0 spiro atoms. The van der Waals surface area contributed by atoms with Crippen LogP contribution >= 0.6 is 23.4 Å². The van der Waals surface area contributed by atoms with Gasteiger partial charge in [-0.05, 0) is 26.0 Å². The van der Waals surface area contributed by atoms with E-state index in [1.807, 2.05) is 32.0 Å². The van der Waals surface area contributed by atoms with Crippen molar-refractivity contribution in [2.75, 3.05) is 24.7 Å². The maximum Gasteiger partial charge on any atom is 0.158 e. The summed E-state index contributed by atoms with van der Waals surface area (Å²) < 4.78 is 11.0. The van der Waals surface area contributed by atoms with E-state index < -0.39 is 0 Å². The summed E-state index contributed by atoms with van der Waals surface area (Å²) in [5, 5.41) is 0.698. The van der Waals surface area contributed by atoms with E-state index in [1.54, 1.807) is 11.8 Å². The summed E-state index contributed by atoms with van der Waals surface area (Å²) in [6.45, 7) is 5.24. The topological polar surface area (TPSA) is 44.5 Å². The van der Waals surface area contributed by atoms with Crippen molar-refractivity contribution in [3.8, 4) is 0 Å². The molecule has 0 unspecified atom stereocenters. The second-order valence-corrected chi connectivity index (χ2v) is 5.15. The van der Waals surface area contributed by atoms with E-state index in [0.717, 1.165) is 22.8 Å². The molecule has 1 aromatic rings. The van der Waals surface area contributed by atoms with Crippen LogP contribution < -0.4 is 5.73 Å². The van der Waals surface area contributed by atoms with Crippen LogP contribution in [0.4, 0.5) is 5.69 Å². The zero-order valence-electron chi connectivity index (χ0n) is 10.8. The molecule has 102 valence electrons. The summed E-state index contributed by atoms with van der Waals surface area (Å²) in [4.78, 5) is 0.936. The molecule has 1 aromatic carbocycles. The highest BCUT2D eigenvalue weighted by Crippen LogP contribution is 2.33. The number of hydrogen-bond acceptors (Lipinski definition) is 4. The summed E-state index contributed by atoms with van der Waals surface area (Å²) in [7, 11) is 0. The lowest BCUT2D eigenvalue weighted by Gasteiger charge is -2.16. The van der Waals surface area contributed by atoms with Gasteiger partial charge in [0.05, 0.1) is 5.02 Å². The molecule has 0 amide bonds. The number of halogens is 1. The van der Waals surface area contributed by atoms with Crippen molar-refractivity contribution in [1.82, 2.24) is 0 Å². The lowest BCUT2D eigenvalue weighted by atomic mass is 10.3. The van der Waals surface area contributed by atoms with Crippen LogP contribution in [0.25, 0.3) is 0 Å². The van der Waals surface area contributed by atoms with Gasteiger partial charge in [0.2, 0.25) is 0 Å². The first kappa shape index (κ1) is 15.6. The maximum absolute atomic E-state index is 6.10. The average Bonchev–Trinajstić information content (AvgIpc) is 2.33. The molecule has 2 N–H and O–H groups in total. The molecule has 0 atom stereocenters. The van der Waals surface area contributed by atoms with Crippen molar-refractivity contribution in [2.24, 2.45) is 0 Å². The summed E-state index contributed by atoms with van der Waals surface area (Å²) in [6.07, 6.45) is 0.674. The number of thioether (sulfide) groups is 1. The zero-order valence-corrected chi connectivity index (χ0v) is 12.4. The first-order chi connectivity index (χ1) is 8.69. The molecule has 3 nitrogen and oxygen atoms in total. The molecule has 1 rings (SSSR count). The molecule has 0 aliphatic rings. The Kier molecular flexibility index (Phi) is 7.51. The smallest absolute Gasteiger partial charge is 0.158 e. The third kappa shape index (κ3) is 5.06. The number of anilines is 1. The van der Waals surface area contributed by atoms with Gasteiger partial charge in [-0.1, -0.05) is 17.7 Å².